The van der Waals surface area contributed by atoms with Crippen LogP contribution in [0.2, 0.25) is 0 Å². The number of thiophene rings is 1. The van der Waals surface area contributed by atoms with Crippen LogP contribution in [0.1, 0.15) is 0 Å². The Balaban J connectivity index is 2.47. The molecule has 3 aromatic rings. The van der Waals surface area contributed by atoms with Crippen LogP contribution in [-0.4, -0.2) is 15.0 Å². The van der Waals surface area contributed by atoms with Gasteiger partial charge < -0.3 is 9.97 Å². The highest BCUT2D eigenvalue weighted by molar-refractivity contribution is 7.73. The molecule has 0 saturated carbocycles. The van der Waals surface area contributed by atoms with E-state index in [1.54, 1.807) is 11.3 Å². The Morgan fingerprint density at radius 3 is 2.88 bits per heavy atom. The van der Waals surface area contributed by atoms with E-state index in [1.165, 1.54) is 11.3 Å². The largest absolute Gasteiger partial charge is 0.328 e. The second-order valence-corrected chi connectivity index (χ2v) is 6.11. The SMILES string of the molecule is S=c1nc2[nH]c(=S)sc2c(-c2cccs2)[nH]1. The average molecular weight is 283 g/mol. The van der Waals surface area contributed by atoms with Crippen LogP contribution in [-0.2, 0) is 0 Å². The minimum atomic E-state index is 0.472. The molecule has 0 aliphatic heterocycles. The molecule has 0 radical (unpaired) electrons. The van der Waals surface area contributed by atoms with Gasteiger partial charge in [-0.25, -0.2) is 4.98 Å². The van der Waals surface area contributed by atoms with E-state index >= 15 is 0 Å². The van der Waals surface area contributed by atoms with Gasteiger partial charge in [-0.3, -0.25) is 0 Å². The molecule has 0 bridgehead atoms. The zero-order valence-corrected chi connectivity index (χ0v) is 11.1. The van der Waals surface area contributed by atoms with Crippen molar-refractivity contribution >= 4 is 57.5 Å². The van der Waals surface area contributed by atoms with Crippen LogP contribution in [0.15, 0.2) is 17.5 Å². The van der Waals surface area contributed by atoms with E-state index < -0.39 is 0 Å². The number of rotatable bonds is 1. The molecule has 80 valence electrons. The van der Waals surface area contributed by atoms with Crippen LogP contribution < -0.4 is 0 Å². The van der Waals surface area contributed by atoms with Crippen molar-refractivity contribution < 1.29 is 0 Å². The Kier molecular flexibility index (Phi) is 2.47. The van der Waals surface area contributed by atoms with Gasteiger partial charge in [-0.2, -0.15) is 0 Å². The van der Waals surface area contributed by atoms with Gasteiger partial charge in [-0.15, -0.1) is 22.7 Å². The summed E-state index contributed by atoms with van der Waals surface area (Å²) in [5.74, 6) is 0. The summed E-state index contributed by atoms with van der Waals surface area (Å²) >= 11 is 13.4. The van der Waals surface area contributed by atoms with Crippen LogP contribution >= 0.6 is 47.1 Å². The third-order valence-corrected chi connectivity index (χ3v) is 4.39. The molecule has 3 heterocycles. The molecule has 0 aromatic carbocycles. The van der Waals surface area contributed by atoms with Crippen molar-refractivity contribution in [2.24, 2.45) is 0 Å². The van der Waals surface area contributed by atoms with Gasteiger partial charge in [0.15, 0.2) is 14.4 Å². The topological polar surface area (TPSA) is 44.5 Å². The Morgan fingerprint density at radius 1 is 1.25 bits per heavy atom. The number of aromatic nitrogens is 3. The van der Waals surface area contributed by atoms with Crippen molar-refractivity contribution in [2.45, 2.75) is 0 Å². The highest BCUT2D eigenvalue weighted by Crippen LogP contribution is 2.31. The highest BCUT2D eigenvalue weighted by Gasteiger charge is 2.09. The standard InChI is InChI=1S/C9H5N3S4/c13-8-10-5(4-2-1-3-15-4)6-7(11-8)12-9(14)16-6/h1-3H,(H2,10,11,12,13,14). The molecule has 0 aliphatic carbocycles. The molecule has 3 aromatic heterocycles. The fourth-order valence-corrected chi connectivity index (χ4v) is 3.58. The fraction of sp³-hybridized carbons (Fsp3) is 0. The van der Waals surface area contributed by atoms with Gasteiger partial charge in [0.1, 0.15) is 0 Å². The Labute approximate surface area is 109 Å². The van der Waals surface area contributed by atoms with Gasteiger partial charge in [0, 0.05) is 0 Å². The zero-order valence-electron chi connectivity index (χ0n) is 7.81. The Bertz CT molecular complexity index is 747. The summed E-state index contributed by atoms with van der Waals surface area (Å²) in [4.78, 5) is 11.5. The van der Waals surface area contributed by atoms with E-state index in [0.717, 1.165) is 20.9 Å². The minimum absolute atomic E-state index is 0.472. The van der Waals surface area contributed by atoms with Crippen molar-refractivity contribution in [3.63, 3.8) is 0 Å². The van der Waals surface area contributed by atoms with Crippen molar-refractivity contribution in [1.82, 2.24) is 15.0 Å². The lowest BCUT2D eigenvalue weighted by Crippen LogP contribution is -1.86. The summed E-state index contributed by atoms with van der Waals surface area (Å²) in [5.41, 5.74) is 1.77. The second-order valence-electron chi connectivity index (χ2n) is 3.09. The number of hydrogen-bond acceptors (Lipinski definition) is 5. The first-order valence-corrected chi connectivity index (χ1v) is 6.92. The molecule has 0 spiro atoms. The lowest BCUT2D eigenvalue weighted by molar-refractivity contribution is 1.17. The summed E-state index contributed by atoms with van der Waals surface area (Å²) in [6.07, 6.45) is 0. The molecule has 7 heteroatoms. The van der Waals surface area contributed by atoms with Crippen molar-refractivity contribution in [1.29, 1.82) is 0 Å². The number of thiazole rings is 1. The summed E-state index contributed by atoms with van der Waals surface area (Å²) < 4.78 is 2.22. The van der Waals surface area contributed by atoms with E-state index in [9.17, 15) is 0 Å². The zero-order chi connectivity index (χ0) is 11.1. The van der Waals surface area contributed by atoms with Gasteiger partial charge in [0.2, 0.25) is 0 Å². The first-order valence-electron chi connectivity index (χ1n) is 4.41. The number of nitrogens with zero attached hydrogens (tertiary/aromatic N) is 1. The maximum absolute atomic E-state index is 5.12. The summed E-state index contributed by atoms with van der Waals surface area (Å²) in [6.45, 7) is 0. The first-order chi connectivity index (χ1) is 7.74. The monoisotopic (exact) mass is 283 g/mol. The van der Waals surface area contributed by atoms with E-state index in [4.69, 9.17) is 24.4 Å². The third kappa shape index (κ3) is 1.65. The van der Waals surface area contributed by atoms with Gasteiger partial charge in [0.05, 0.1) is 15.3 Å². The van der Waals surface area contributed by atoms with Crippen LogP contribution in [0.3, 0.4) is 0 Å². The van der Waals surface area contributed by atoms with E-state index in [2.05, 4.69) is 15.0 Å². The molecule has 0 aliphatic rings. The molecule has 0 amide bonds. The number of fused-ring (bicyclic) bond motifs is 1. The predicted molar refractivity (Wildman–Crippen MR) is 73.3 cm³/mol. The lowest BCUT2D eigenvalue weighted by Gasteiger charge is -1.98. The number of hydrogen-bond donors (Lipinski definition) is 2. The highest BCUT2D eigenvalue weighted by atomic mass is 32.1. The number of H-pyrrole nitrogens is 2. The maximum Gasteiger partial charge on any atom is 0.199 e. The molecular formula is C9H5N3S4. The van der Waals surface area contributed by atoms with Crippen molar-refractivity contribution in [3.8, 4) is 10.6 Å². The maximum atomic E-state index is 5.12. The fourth-order valence-electron chi connectivity index (χ4n) is 1.46. The smallest absolute Gasteiger partial charge is 0.199 e. The summed E-state index contributed by atoms with van der Waals surface area (Å²) in [6, 6.07) is 4.06. The lowest BCUT2D eigenvalue weighted by atomic mass is 10.3. The molecule has 0 unspecified atom stereocenters. The van der Waals surface area contributed by atoms with Gasteiger partial charge in [0.25, 0.3) is 0 Å². The normalized spacial score (nSPS) is 11.0. The Hall–Kier alpha value is -0.890. The van der Waals surface area contributed by atoms with Crippen LogP contribution in [0.25, 0.3) is 20.9 Å². The second kappa shape index (κ2) is 3.85. The van der Waals surface area contributed by atoms with Crippen molar-refractivity contribution in [3.05, 3.63) is 26.2 Å². The molecule has 16 heavy (non-hydrogen) atoms. The first kappa shape index (κ1) is 10.3. The van der Waals surface area contributed by atoms with E-state index in [-0.39, 0.29) is 0 Å². The van der Waals surface area contributed by atoms with E-state index in [1.807, 2.05) is 17.5 Å². The molecule has 2 N–H and O–H groups in total. The van der Waals surface area contributed by atoms with Gasteiger partial charge in [-0.1, -0.05) is 6.07 Å². The number of nitrogens with one attached hydrogen (secondary N) is 2. The van der Waals surface area contributed by atoms with Crippen molar-refractivity contribution in [2.75, 3.05) is 0 Å². The molecule has 0 saturated heterocycles. The van der Waals surface area contributed by atoms with Gasteiger partial charge in [-0.05, 0) is 35.9 Å². The average Bonchev–Trinajstić information content (AvgIpc) is 2.83. The van der Waals surface area contributed by atoms with Crippen LogP contribution in [0.5, 0.6) is 0 Å². The quantitative estimate of drug-likeness (QED) is 0.660. The molecule has 0 atom stereocenters. The number of aromatic amines is 2. The molecular weight excluding hydrogens is 278 g/mol. The predicted octanol–water partition coefficient (Wildman–Crippen LogP) is 4.14. The minimum Gasteiger partial charge on any atom is -0.328 e. The summed E-state index contributed by atoms with van der Waals surface area (Å²) in [5, 5.41) is 2.03. The van der Waals surface area contributed by atoms with Crippen LogP contribution in [0, 0.1) is 8.73 Å². The summed E-state index contributed by atoms with van der Waals surface area (Å²) in [7, 11) is 0. The molecule has 3 rings (SSSR count). The molecule has 3 nitrogen and oxygen atoms in total. The third-order valence-electron chi connectivity index (χ3n) is 2.07. The van der Waals surface area contributed by atoms with Crippen LogP contribution in [0.4, 0.5) is 0 Å². The Morgan fingerprint density at radius 2 is 2.12 bits per heavy atom. The van der Waals surface area contributed by atoms with E-state index in [0.29, 0.717) is 8.73 Å². The van der Waals surface area contributed by atoms with Gasteiger partial charge >= 0.3 is 0 Å². The molecule has 0 fully saturated rings.